The zero-order chi connectivity index (χ0) is 21.3. The van der Waals surface area contributed by atoms with E-state index in [2.05, 4.69) is 4.98 Å². The Morgan fingerprint density at radius 1 is 1.27 bits per heavy atom. The van der Waals surface area contributed by atoms with Crippen LogP contribution < -0.4 is 10.5 Å². The number of aryl methyl sites for hydroxylation is 1. The lowest BCUT2D eigenvalue weighted by Crippen LogP contribution is -2.21. The van der Waals surface area contributed by atoms with Crippen molar-refractivity contribution in [2.75, 3.05) is 7.11 Å². The summed E-state index contributed by atoms with van der Waals surface area (Å²) in [7, 11) is 1.57. The summed E-state index contributed by atoms with van der Waals surface area (Å²) >= 11 is 0. The molecule has 6 heteroatoms. The van der Waals surface area contributed by atoms with Crippen LogP contribution in [0.4, 0.5) is 4.39 Å². The Bertz CT molecular complexity index is 1070. The van der Waals surface area contributed by atoms with Gasteiger partial charge >= 0.3 is 0 Å². The first-order valence-electron chi connectivity index (χ1n) is 10.3. The van der Waals surface area contributed by atoms with Gasteiger partial charge in [0.1, 0.15) is 11.6 Å². The predicted octanol–water partition coefficient (Wildman–Crippen LogP) is 4.68. The fourth-order valence-corrected chi connectivity index (χ4v) is 4.58. The van der Waals surface area contributed by atoms with Gasteiger partial charge in [-0.25, -0.2) is 9.37 Å². The third kappa shape index (κ3) is 3.58. The highest BCUT2D eigenvalue weighted by Gasteiger charge is 2.33. The maximum absolute atomic E-state index is 16.0. The topological polar surface area (TPSA) is 70.1 Å². The third-order valence-electron chi connectivity index (χ3n) is 5.91. The number of methoxy groups -OCH3 is 1. The van der Waals surface area contributed by atoms with E-state index in [1.807, 2.05) is 43.5 Å². The second kappa shape index (κ2) is 8.30. The van der Waals surface area contributed by atoms with Crippen LogP contribution >= 0.6 is 0 Å². The SMILES string of the molecule is COc1c(C2CCCC2)c(C(N)=O)c(F)c(Cc2ccccc2)c1-n1cnc(C)c1. The van der Waals surface area contributed by atoms with Gasteiger partial charge < -0.3 is 15.0 Å². The second-order valence-corrected chi connectivity index (χ2v) is 7.89. The summed E-state index contributed by atoms with van der Waals surface area (Å²) < 4.78 is 23.6. The molecule has 156 valence electrons. The molecule has 1 aromatic heterocycles. The molecule has 0 atom stereocenters. The number of imidazole rings is 1. The van der Waals surface area contributed by atoms with Gasteiger partial charge in [-0.05, 0) is 31.2 Å². The van der Waals surface area contributed by atoms with E-state index in [0.717, 1.165) is 36.9 Å². The molecule has 1 saturated carbocycles. The highest BCUT2D eigenvalue weighted by Crippen LogP contribution is 2.46. The van der Waals surface area contributed by atoms with Crippen molar-refractivity contribution >= 4 is 5.91 Å². The normalized spacial score (nSPS) is 14.2. The molecule has 1 heterocycles. The Labute approximate surface area is 175 Å². The van der Waals surface area contributed by atoms with Gasteiger partial charge in [0, 0.05) is 23.7 Å². The van der Waals surface area contributed by atoms with Crippen molar-refractivity contribution < 1.29 is 13.9 Å². The smallest absolute Gasteiger partial charge is 0.252 e. The number of rotatable bonds is 6. The van der Waals surface area contributed by atoms with Crippen LogP contribution in [0, 0.1) is 12.7 Å². The third-order valence-corrected chi connectivity index (χ3v) is 5.91. The van der Waals surface area contributed by atoms with Crippen LogP contribution in [-0.4, -0.2) is 22.6 Å². The predicted molar refractivity (Wildman–Crippen MR) is 114 cm³/mol. The molecule has 3 aromatic rings. The van der Waals surface area contributed by atoms with E-state index >= 15 is 4.39 Å². The molecule has 1 amide bonds. The second-order valence-electron chi connectivity index (χ2n) is 7.89. The van der Waals surface area contributed by atoms with E-state index < -0.39 is 11.7 Å². The van der Waals surface area contributed by atoms with Crippen LogP contribution in [-0.2, 0) is 6.42 Å². The lowest BCUT2D eigenvalue weighted by molar-refractivity contribution is 0.0994. The molecule has 0 bridgehead atoms. The molecule has 4 rings (SSSR count). The number of hydrogen-bond acceptors (Lipinski definition) is 3. The maximum Gasteiger partial charge on any atom is 0.252 e. The number of primary amides is 1. The fourth-order valence-electron chi connectivity index (χ4n) is 4.58. The summed E-state index contributed by atoms with van der Waals surface area (Å²) in [5, 5.41) is 0. The molecule has 0 unspecified atom stereocenters. The Hall–Kier alpha value is -3.15. The van der Waals surface area contributed by atoms with E-state index in [0.29, 0.717) is 29.0 Å². The summed E-state index contributed by atoms with van der Waals surface area (Å²) in [4.78, 5) is 16.8. The van der Waals surface area contributed by atoms with Gasteiger partial charge in [-0.1, -0.05) is 43.2 Å². The number of carbonyl (C=O) groups excluding carboxylic acids is 1. The average Bonchev–Trinajstić information content (AvgIpc) is 3.41. The first-order chi connectivity index (χ1) is 14.5. The Morgan fingerprint density at radius 3 is 2.53 bits per heavy atom. The van der Waals surface area contributed by atoms with Gasteiger partial charge in [0.15, 0.2) is 0 Å². The monoisotopic (exact) mass is 407 g/mol. The molecular weight excluding hydrogens is 381 g/mol. The van der Waals surface area contributed by atoms with Gasteiger partial charge in [-0.3, -0.25) is 4.79 Å². The van der Waals surface area contributed by atoms with Crippen molar-refractivity contribution in [2.24, 2.45) is 5.73 Å². The maximum atomic E-state index is 16.0. The van der Waals surface area contributed by atoms with Crippen LogP contribution in [0.3, 0.4) is 0 Å². The Balaban J connectivity index is 2.04. The molecule has 0 saturated heterocycles. The summed E-state index contributed by atoms with van der Waals surface area (Å²) in [6.45, 7) is 1.88. The van der Waals surface area contributed by atoms with Crippen LogP contribution in [0.15, 0.2) is 42.9 Å². The molecule has 2 N–H and O–H groups in total. The zero-order valence-corrected chi connectivity index (χ0v) is 17.3. The molecule has 2 aromatic carbocycles. The highest BCUT2D eigenvalue weighted by molar-refractivity contribution is 5.97. The molecular formula is C24H26FN3O2. The number of benzene rings is 2. The van der Waals surface area contributed by atoms with E-state index in [4.69, 9.17) is 10.5 Å². The number of aromatic nitrogens is 2. The number of carbonyl (C=O) groups is 1. The van der Waals surface area contributed by atoms with Crippen LogP contribution in [0.2, 0.25) is 0 Å². The number of nitrogens with two attached hydrogens (primary N) is 1. The quantitative estimate of drug-likeness (QED) is 0.645. The van der Waals surface area contributed by atoms with Crippen LogP contribution in [0.5, 0.6) is 5.75 Å². The Morgan fingerprint density at radius 2 is 1.97 bits per heavy atom. The highest BCUT2D eigenvalue weighted by atomic mass is 19.1. The van der Waals surface area contributed by atoms with Gasteiger partial charge in [-0.15, -0.1) is 0 Å². The summed E-state index contributed by atoms with van der Waals surface area (Å²) in [6.07, 6.45) is 7.66. The number of nitrogens with zero attached hydrogens (tertiary/aromatic N) is 2. The van der Waals surface area contributed by atoms with Crippen molar-refractivity contribution in [1.29, 1.82) is 0 Å². The first kappa shape index (κ1) is 20.1. The zero-order valence-electron chi connectivity index (χ0n) is 17.3. The van der Waals surface area contributed by atoms with E-state index in [1.54, 1.807) is 18.0 Å². The standard InChI is InChI=1S/C24H26FN3O2/c1-15-13-28(14-27-15)22-18(12-16-8-4-3-5-9-16)21(25)20(24(26)29)19(23(22)30-2)17-10-6-7-11-17/h3-5,8-9,13-14,17H,6-7,10-12H2,1-2H3,(H2,26,29). The lowest BCUT2D eigenvalue weighted by Gasteiger charge is -2.25. The first-order valence-corrected chi connectivity index (χ1v) is 10.3. The molecule has 0 aliphatic heterocycles. The van der Waals surface area contributed by atoms with Crippen molar-refractivity contribution in [3.8, 4) is 11.4 Å². The van der Waals surface area contributed by atoms with Gasteiger partial charge in [0.2, 0.25) is 0 Å². The summed E-state index contributed by atoms with van der Waals surface area (Å²) in [6, 6.07) is 9.60. The molecule has 1 aliphatic carbocycles. The minimum absolute atomic E-state index is 0.0368. The van der Waals surface area contributed by atoms with Crippen LogP contribution in [0.1, 0.15) is 64.3 Å². The Kier molecular flexibility index (Phi) is 5.57. The van der Waals surface area contributed by atoms with Gasteiger partial charge in [0.25, 0.3) is 5.91 Å². The van der Waals surface area contributed by atoms with E-state index in [9.17, 15) is 4.79 Å². The minimum atomic E-state index is -0.754. The number of hydrogen-bond donors (Lipinski definition) is 1. The van der Waals surface area contributed by atoms with E-state index in [-0.39, 0.29) is 11.5 Å². The molecule has 5 nitrogen and oxygen atoms in total. The summed E-state index contributed by atoms with van der Waals surface area (Å²) in [5.41, 5.74) is 8.98. The molecule has 0 radical (unpaired) electrons. The summed E-state index contributed by atoms with van der Waals surface area (Å²) in [5.74, 6) is -0.752. The molecule has 1 fully saturated rings. The molecule has 30 heavy (non-hydrogen) atoms. The van der Waals surface area contributed by atoms with E-state index in [1.165, 1.54) is 0 Å². The molecule has 1 aliphatic rings. The number of halogens is 1. The van der Waals surface area contributed by atoms with Crippen molar-refractivity contribution in [3.63, 3.8) is 0 Å². The lowest BCUT2D eigenvalue weighted by atomic mass is 9.87. The largest absolute Gasteiger partial charge is 0.494 e. The fraction of sp³-hybridized carbons (Fsp3) is 0.333. The minimum Gasteiger partial charge on any atom is -0.494 e. The average molecular weight is 407 g/mol. The van der Waals surface area contributed by atoms with Crippen molar-refractivity contribution in [1.82, 2.24) is 9.55 Å². The van der Waals surface area contributed by atoms with Gasteiger partial charge in [-0.2, -0.15) is 0 Å². The van der Waals surface area contributed by atoms with Crippen molar-refractivity contribution in [2.45, 2.75) is 44.9 Å². The van der Waals surface area contributed by atoms with Gasteiger partial charge in [0.05, 0.1) is 30.4 Å². The van der Waals surface area contributed by atoms with Crippen molar-refractivity contribution in [3.05, 3.63) is 76.6 Å². The number of ether oxygens (including phenoxy) is 1. The number of amides is 1. The van der Waals surface area contributed by atoms with Crippen LogP contribution in [0.25, 0.3) is 5.69 Å². The molecule has 0 spiro atoms.